The maximum absolute atomic E-state index is 11.2. The number of aliphatic carboxylic acids is 3. The summed E-state index contributed by atoms with van der Waals surface area (Å²) in [7, 11) is 4.17. The van der Waals surface area contributed by atoms with Crippen LogP contribution in [0.2, 0.25) is 0 Å². The molecule has 0 aliphatic carbocycles. The molecule has 0 aliphatic heterocycles. The van der Waals surface area contributed by atoms with Crippen LogP contribution in [-0.2, 0) is 102 Å². The monoisotopic (exact) mass is 1880 g/mol. The van der Waals surface area contributed by atoms with Gasteiger partial charge in [-0.1, -0.05) is 143 Å². The molecule has 0 radical (unpaired) electrons. The molecule has 0 amide bonds. The normalized spacial score (nSPS) is 10.9. The van der Waals surface area contributed by atoms with E-state index in [0.717, 1.165) is 29.7 Å². The zero-order chi connectivity index (χ0) is 93.2. The predicted molar refractivity (Wildman–Crippen MR) is 431 cm³/mol. The van der Waals surface area contributed by atoms with Crippen molar-refractivity contribution in [1.29, 1.82) is 0 Å². The van der Waals surface area contributed by atoms with Crippen molar-refractivity contribution in [3.8, 4) is 28.7 Å². The van der Waals surface area contributed by atoms with E-state index in [1.807, 2.05) is 33.8 Å². The summed E-state index contributed by atoms with van der Waals surface area (Å²) in [5.41, 5.74) is 20.1. The second-order valence-electron chi connectivity index (χ2n) is 22.8. The molecule has 0 saturated carbocycles. The van der Waals surface area contributed by atoms with Crippen LogP contribution in [0.5, 0.6) is 28.7 Å². The van der Waals surface area contributed by atoms with Crippen LogP contribution in [-0.4, -0.2) is 213 Å². The van der Waals surface area contributed by atoms with Crippen LogP contribution >= 0.6 is 92.8 Å². The van der Waals surface area contributed by atoms with E-state index in [-0.39, 0.29) is 83.9 Å². The number of ether oxygens (including phenoxy) is 19. The van der Waals surface area contributed by atoms with Crippen molar-refractivity contribution in [1.82, 2.24) is 0 Å². The number of nitrogens with two attached hydrogens (primary N) is 3. The van der Waals surface area contributed by atoms with E-state index >= 15 is 0 Å². The highest BCUT2D eigenvalue weighted by molar-refractivity contribution is 6.19. The summed E-state index contributed by atoms with van der Waals surface area (Å²) < 4.78 is 85.3. The van der Waals surface area contributed by atoms with Crippen molar-refractivity contribution in [3.63, 3.8) is 0 Å². The number of rotatable bonds is 31. The summed E-state index contributed by atoms with van der Waals surface area (Å²) in [6.45, 7) is 14.9. The molecule has 0 saturated heterocycles. The minimum absolute atomic E-state index is 0.124. The summed E-state index contributed by atoms with van der Waals surface area (Å²) in [6.07, 6.45) is -2.68. The molecule has 4 atom stereocenters. The van der Waals surface area contributed by atoms with Gasteiger partial charge in [-0.3, -0.25) is 24.0 Å². The molecular weight excluding hydrogens is 1790 g/mol. The van der Waals surface area contributed by atoms with Crippen LogP contribution in [0.1, 0.15) is 106 Å². The summed E-state index contributed by atoms with van der Waals surface area (Å²) in [6, 6.07) is 17.1. The number of carboxylic acids is 3. The first-order valence-electron chi connectivity index (χ1n) is 33.5. The first kappa shape index (κ1) is 117. The van der Waals surface area contributed by atoms with Crippen molar-refractivity contribution in [2.75, 3.05) is 83.1 Å². The van der Waals surface area contributed by atoms with Crippen LogP contribution in [0.3, 0.4) is 0 Å². The van der Waals surface area contributed by atoms with Crippen LogP contribution in [0.25, 0.3) is 0 Å². The van der Waals surface area contributed by atoms with Crippen LogP contribution in [0.15, 0.2) is 114 Å². The zero-order valence-corrected chi connectivity index (χ0v) is 72.5. The fourth-order valence-electron chi connectivity index (χ4n) is 6.73. The van der Waals surface area contributed by atoms with E-state index < -0.39 is 128 Å². The Balaban J connectivity index is -0.000000650. The molecule has 0 aliphatic rings. The van der Waals surface area contributed by atoms with Gasteiger partial charge in [-0.15, -0.1) is 0 Å². The minimum Gasteiger partial charge on any atom is -0.496 e. The Kier molecular flexibility index (Phi) is 67.4. The lowest BCUT2D eigenvalue weighted by atomic mass is 9.86. The molecule has 4 aromatic rings. The number of carbonyl (C=O) groups excluding carboxylic acids is 12. The molecule has 0 aromatic heterocycles. The number of benzene rings is 4. The van der Waals surface area contributed by atoms with E-state index in [1.165, 1.54) is 99.9 Å². The van der Waals surface area contributed by atoms with Gasteiger partial charge in [0.2, 0.25) is 0 Å². The number of methoxy groups -OCH3 is 3. The number of esters is 3. The van der Waals surface area contributed by atoms with Gasteiger partial charge >= 0.3 is 85.1 Å². The maximum Gasteiger partial charge on any atom is 0.517 e. The first-order valence-corrected chi connectivity index (χ1v) is 37.8. The number of carboxylic acid groups (broad SMARTS) is 3. The van der Waals surface area contributed by atoms with Gasteiger partial charge in [-0.05, 0) is 150 Å². The SMILES string of the molecule is CC(=O)C(C)OC(=O)OCCl.CC(C)=CCC/C(C)=C/COC(=O)OCCl.COC(=O)c1ccc(OC(=O)OCCl)cc1.COC(=O)c1ccc(OC(=O)OCCl)cc1.COc1ccc(OC(=O)OCCl)cc1C(C)(C)C.N[C@H](CC(=O)OC(=O)OCCl)C(=O)O.N[C@H](COC(=O)OCCl)C(=O)O.N[C@H](Cc1ccc(OC(=O)OCCl)cc1)C(=O)O. The molecule has 0 bridgehead atoms. The zero-order valence-electron chi connectivity index (χ0n) is 66.5. The first-order chi connectivity index (χ1) is 56.9. The van der Waals surface area contributed by atoms with Crippen LogP contribution in [0, 0.1) is 0 Å². The Bertz CT molecular complexity index is 3810. The number of allylic oxidation sites excluding steroid dienone is 3. The largest absolute Gasteiger partial charge is 0.517 e. The third-order valence-corrected chi connectivity index (χ3v) is 13.5. The Labute approximate surface area is 733 Å². The molecule has 0 heterocycles. The number of halogens is 8. The van der Waals surface area contributed by atoms with Gasteiger partial charge in [0.1, 0.15) is 60.1 Å². The standard InChI is InChI=1S/C13H17ClO4.C12H19ClO3.C11H12ClNO5.2C10H9ClO5.C6H8ClNO6.C6H9ClO4.C5H8ClNO5/c1-13(2,3)10-7-9(5-6-11(10)16-4)18-12(15)17-8-14;1-10(2)5-4-6-11(3)7-8-15-12(14)16-9-13;12-6-17-11(16)18-8-3-1-7(2-4-8)5-9(13)10(14)15;2*1-14-9(12)7-2-4-8(5-3-7)16-10(13)15-6-11;7-2-13-6(12)14-4(9)1-3(8)5(10)11;1-4(8)5(2)11-6(9)10-3-7;6-2-12-5(10)11-1-3(7)4(8)9/h5-7H,8H2,1-4H3;5,7H,4,6,8-9H2,1-3H3;1-4,9H,5-6,13H2,(H,14,15);2*2-5H,6H2,1H3;3H,1-2,8H2,(H,10,11);5H,3H2,1-2H3;3H,1-2,7H2,(H,8,9)/b;11-7+;;;;;;/t;;9-;;;3-;;3-/m..1..1.1/s1. The van der Waals surface area contributed by atoms with Crippen LogP contribution < -0.4 is 40.9 Å². The maximum atomic E-state index is 11.2. The third-order valence-electron chi connectivity index (χ3n) is 12.6. The second-order valence-corrected chi connectivity index (χ2v) is 24.5. The average molecular weight is 1890 g/mol. The molecule has 40 nitrogen and oxygen atoms in total. The highest BCUT2D eigenvalue weighted by atomic mass is 35.5. The molecule has 4 rings (SSSR count). The number of alkyl halides is 8. The number of ketones is 1. The minimum atomic E-state index is -1.41. The van der Waals surface area contributed by atoms with Crippen molar-refractivity contribution in [3.05, 3.63) is 137 Å². The van der Waals surface area contributed by atoms with Gasteiger partial charge in [0.15, 0.2) is 60.4 Å². The Morgan fingerprint density at radius 3 is 1.14 bits per heavy atom. The lowest BCUT2D eigenvalue weighted by Gasteiger charge is -2.22. The van der Waals surface area contributed by atoms with Gasteiger partial charge in [0.05, 0.1) is 38.9 Å². The van der Waals surface area contributed by atoms with E-state index in [2.05, 4.69) is 81.5 Å². The van der Waals surface area contributed by atoms with E-state index in [4.69, 9.17) is 154 Å². The van der Waals surface area contributed by atoms with Crippen molar-refractivity contribution < 1.29 is 177 Å². The third kappa shape index (κ3) is 63.0. The molecule has 1 unspecified atom stereocenters. The lowest BCUT2D eigenvalue weighted by molar-refractivity contribution is -0.146. The van der Waals surface area contributed by atoms with Gasteiger partial charge in [0.25, 0.3) is 0 Å². The van der Waals surface area contributed by atoms with Gasteiger partial charge in [0, 0.05) is 5.56 Å². The molecular formula is C73H91Cl8N3O37. The van der Waals surface area contributed by atoms with Crippen molar-refractivity contribution in [2.24, 2.45) is 17.2 Å². The second kappa shape index (κ2) is 69.9. The highest BCUT2D eigenvalue weighted by Gasteiger charge is 2.23. The predicted octanol–water partition coefficient (Wildman–Crippen LogP) is 14.2. The number of carbonyl (C=O) groups is 15. The molecule has 4 aromatic carbocycles. The Morgan fingerprint density at radius 2 is 0.785 bits per heavy atom. The number of hydrogen-bond donors (Lipinski definition) is 6. The quantitative estimate of drug-likeness (QED) is 0.00680. The van der Waals surface area contributed by atoms with Crippen molar-refractivity contribution in [2.45, 2.75) is 111 Å². The molecule has 121 heavy (non-hydrogen) atoms. The summed E-state index contributed by atoms with van der Waals surface area (Å²) in [5.74, 6) is -4.02. The van der Waals surface area contributed by atoms with E-state index in [0.29, 0.717) is 16.9 Å². The van der Waals surface area contributed by atoms with Gasteiger partial charge in [-0.2, -0.15) is 0 Å². The van der Waals surface area contributed by atoms with Crippen molar-refractivity contribution >= 4 is 184 Å². The van der Waals surface area contributed by atoms with E-state index in [9.17, 15) is 71.9 Å². The smallest absolute Gasteiger partial charge is 0.496 e. The summed E-state index contributed by atoms with van der Waals surface area (Å²) in [5, 5.41) is 25.2. The van der Waals surface area contributed by atoms with Crippen LogP contribution in [0.4, 0.5) is 38.4 Å². The highest BCUT2D eigenvalue weighted by Crippen LogP contribution is 2.34. The fourth-order valence-corrected chi connectivity index (χ4v) is 7.44. The molecule has 9 N–H and O–H groups in total. The van der Waals surface area contributed by atoms with Gasteiger partial charge in [-0.25, -0.2) is 47.9 Å². The van der Waals surface area contributed by atoms with Gasteiger partial charge < -0.3 is 123 Å². The Hall–Kier alpha value is -10.8. The molecule has 0 fully saturated rings. The van der Waals surface area contributed by atoms with E-state index in [1.54, 1.807) is 37.4 Å². The molecule has 676 valence electrons. The average Bonchev–Trinajstić information content (AvgIpc) is 0.817. The summed E-state index contributed by atoms with van der Waals surface area (Å²) >= 11 is 41.0. The molecule has 0 spiro atoms. The lowest BCUT2D eigenvalue weighted by Crippen LogP contribution is -2.35. The Morgan fingerprint density at radius 1 is 0.430 bits per heavy atom. The topological polar surface area (TPSA) is 570 Å². The summed E-state index contributed by atoms with van der Waals surface area (Å²) in [4.78, 5) is 160. The molecule has 48 heteroatoms. The fraction of sp³-hybridized carbons (Fsp3) is 0.411. The number of hydrogen-bond acceptors (Lipinski definition) is 37. The number of Topliss-reactive ketones (excluding diaryl/α,β-unsaturated/α-hetero) is 1.